The molecule has 1 aromatic heterocycles. The summed E-state index contributed by atoms with van der Waals surface area (Å²) in [5, 5.41) is 2.11. The lowest BCUT2D eigenvalue weighted by Crippen LogP contribution is -2.41. The zero-order valence-electron chi connectivity index (χ0n) is 8.19. The first-order valence-corrected chi connectivity index (χ1v) is 5.85. The van der Waals surface area contributed by atoms with E-state index in [0.29, 0.717) is 12.6 Å². The lowest BCUT2D eigenvalue weighted by molar-refractivity contribution is 0.0186. The van der Waals surface area contributed by atoms with Crippen LogP contribution in [-0.4, -0.2) is 37.7 Å². The zero-order chi connectivity index (χ0) is 9.80. The van der Waals surface area contributed by atoms with Gasteiger partial charge in [0, 0.05) is 24.5 Å². The number of thiophene rings is 1. The van der Waals surface area contributed by atoms with Crippen LogP contribution in [0.25, 0.3) is 0 Å². The second-order valence-corrected chi connectivity index (χ2v) is 4.39. The Morgan fingerprint density at radius 1 is 1.50 bits per heavy atom. The summed E-state index contributed by atoms with van der Waals surface area (Å²) in [7, 11) is 0. The third-order valence-corrected chi connectivity index (χ3v) is 3.55. The van der Waals surface area contributed by atoms with E-state index in [9.17, 15) is 0 Å². The Kier molecular flexibility index (Phi) is 3.53. The number of nitrogens with two attached hydrogens (primary N) is 1. The third-order valence-electron chi connectivity index (χ3n) is 2.58. The normalized spacial score (nSPS) is 20.9. The number of rotatable bonds is 3. The van der Waals surface area contributed by atoms with Crippen LogP contribution < -0.4 is 5.73 Å². The number of nitrogens with zero attached hydrogens (tertiary/aromatic N) is 1. The molecule has 0 aromatic carbocycles. The van der Waals surface area contributed by atoms with Crippen molar-refractivity contribution in [1.82, 2.24) is 4.90 Å². The highest BCUT2D eigenvalue weighted by molar-refractivity contribution is 7.10. The molecule has 1 saturated heterocycles. The topological polar surface area (TPSA) is 38.5 Å². The molecule has 1 aliphatic rings. The monoisotopic (exact) mass is 212 g/mol. The van der Waals surface area contributed by atoms with Gasteiger partial charge < -0.3 is 10.5 Å². The molecule has 2 rings (SSSR count). The van der Waals surface area contributed by atoms with Gasteiger partial charge in [-0.15, -0.1) is 11.3 Å². The molecule has 0 bridgehead atoms. The Hall–Kier alpha value is -0.420. The predicted molar refractivity (Wildman–Crippen MR) is 58.5 cm³/mol. The summed E-state index contributed by atoms with van der Waals surface area (Å²) in [6.07, 6.45) is 0. The van der Waals surface area contributed by atoms with E-state index in [1.165, 1.54) is 4.88 Å². The minimum Gasteiger partial charge on any atom is -0.379 e. The van der Waals surface area contributed by atoms with Crippen LogP contribution in [0.2, 0.25) is 0 Å². The number of ether oxygens (including phenoxy) is 1. The van der Waals surface area contributed by atoms with Crippen LogP contribution in [0.15, 0.2) is 17.5 Å². The average Bonchev–Trinajstić information content (AvgIpc) is 2.74. The molecule has 78 valence electrons. The second kappa shape index (κ2) is 4.89. The summed E-state index contributed by atoms with van der Waals surface area (Å²) >= 11 is 1.79. The molecule has 0 aliphatic carbocycles. The summed E-state index contributed by atoms with van der Waals surface area (Å²) in [6, 6.07) is 4.64. The van der Waals surface area contributed by atoms with E-state index >= 15 is 0 Å². The van der Waals surface area contributed by atoms with E-state index in [4.69, 9.17) is 10.5 Å². The fourth-order valence-corrected chi connectivity index (χ4v) is 2.69. The highest BCUT2D eigenvalue weighted by Crippen LogP contribution is 2.24. The van der Waals surface area contributed by atoms with Gasteiger partial charge in [-0.05, 0) is 11.4 Å². The minimum absolute atomic E-state index is 0.388. The van der Waals surface area contributed by atoms with Crippen molar-refractivity contribution < 1.29 is 4.74 Å². The summed E-state index contributed by atoms with van der Waals surface area (Å²) in [5.41, 5.74) is 5.82. The number of hydrogen-bond acceptors (Lipinski definition) is 4. The Morgan fingerprint density at radius 3 is 2.86 bits per heavy atom. The Labute approximate surface area is 88.5 Å². The number of hydrogen-bond donors (Lipinski definition) is 1. The van der Waals surface area contributed by atoms with Crippen LogP contribution in [0.1, 0.15) is 10.9 Å². The van der Waals surface area contributed by atoms with E-state index in [2.05, 4.69) is 22.4 Å². The molecule has 0 radical (unpaired) electrons. The molecule has 0 unspecified atom stereocenters. The third kappa shape index (κ3) is 2.15. The molecule has 1 atom stereocenters. The Morgan fingerprint density at radius 2 is 2.29 bits per heavy atom. The van der Waals surface area contributed by atoms with Gasteiger partial charge in [0.25, 0.3) is 0 Å². The van der Waals surface area contributed by atoms with Crippen LogP contribution in [0.4, 0.5) is 0 Å². The Bertz CT molecular complexity index is 257. The lowest BCUT2D eigenvalue weighted by Gasteiger charge is -2.33. The molecular formula is C10H16N2OS. The fourth-order valence-electron chi connectivity index (χ4n) is 1.82. The van der Waals surface area contributed by atoms with Gasteiger partial charge in [-0.25, -0.2) is 0 Å². The maximum Gasteiger partial charge on any atom is 0.0594 e. The standard InChI is InChI=1S/C10H16N2OS/c11-8-9(10-2-1-7-14-10)12-3-5-13-6-4-12/h1-2,7,9H,3-6,8,11H2/t9-/m0/s1. The van der Waals surface area contributed by atoms with Gasteiger partial charge in [-0.3, -0.25) is 4.90 Å². The van der Waals surface area contributed by atoms with Crippen molar-refractivity contribution in [3.63, 3.8) is 0 Å². The Balaban J connectivity index is 2.04. The van der Waals surface area contributed by atoms with Gasteiger partial charge in [-0.2, -0.15) is 0 Å². The molecule has 1 aliphatic heterocycles. The van der Waals surface area contributed by atoms with Crippen molar-refractivity contribution in [2.24, 2.45) is 5.73 Å². The van der Waals surface area contributed by atoms with Gasteiger partial charge in [0.05, 0.1) is 19.3 Å². The highest BCUT2D eigenvalue weighted by Gasteiger charge is 2.21. The fraction of sp³-hybridized carbons (Fsp3) is 0.600. The molecular weight excluding hydrogens is 196 g/mol. The largest absolute Gasteiger partial charge is 0.379 e. The van der Waals surface area contributed by atoms with Crippen molar-refractivity contribution >= 4 is 11.3 Å². The highest BCUT2D eigenvalue weighted by atomic mass is 32.1. The average molecular weight is 212 g/mol. The van der Waals surface area contributed by atoms with E-state index < -0.39 is 0 Å². The van der Waals surface area contributed by atoms with Crippen LogP contribution in [0.3, 0.4) is 0 Å². The molecule has 1 fully saturated rings. The summed E-state index contributed by atoms with van der Waals surface area (Å²) in [4.78, 5) is 3.78. The predicted octanol–water partition coefficient (Wildman–Crippen LogP) is 1.08. The van der Waals surface area contributed by atoms with Gasteiger partial charge in [0.1, 0.15) is 0 Å². The molecule has 0 saturated carbocycles. The molecule has 3 nitrogen and oxygen atoms in total. The summed E-state index contributed by atoms with van der Waals surface area (Å²) in [5.74, 6) is 0. The quantitative estimate of drug-likeness (QED) is 0.815. The molecule has 0 spiro atoms. The van der Waals surface area contributed by atoms with Crippen molar-refractivity contribution in [3.05, 3.63) is 22.4 Å². The summed E-state index contributed by atoms with van der Waals surface area (Å²) < 4.78 is 5.33. The molecule has 14 heavy (non-hydrogen) atoms. The van der Waals surface area contributed by atoms with Crippen LogP contribution in [0, 0.1) is 0 Å². The van der Waals surface area contributed by atoms with E-state index in [0.717, 1.165) is 26.3 Å². The first kappa shape index (κ1) is 10.1. The number of morpholine rings is 1. The van der Waals surface area contributed by atoms with Crippen LogP contribution in [-0.2, 0) is 4.74 Å². The molecule has 2 N–H and O–H groups in total. The van der Waals surface area contributed by atoms with Gasteiger partial charge in [0.15, 0.2) is 0 Å². The maximum absolute atomic E-state index is 5.82. The molecule has 2 heterocycles. The first-order chi connectivity index (χ1) is 6.92. The first-order valence-electron chi connectivity index (χ1n) is 4.97. The van der Waals surface area contributed by atoms with Gasteiger partial charge in [-0.1, -0.05) is 6.07 Å². The van der Waals surface area contributed by atoms with E-state index in [-0.39, 0.29) is 0 Å². The van der Waals surface area contributed by atoms with Crippen LogP contribution >= 0.6 is 11.3 Å². The van der Waals surface area contributed by atoms with Crippen molar-refractivity contribution in [1.29, 1.82) is 0 Å². The van der Waals surface area contributed by atoms with E-state index in [1.807, 2.05) is 0 Å². The van der Waals surface area contributed by atoms with E-state index in [1.54, 1.807) is 11.3 Å². The van der Waals surface area contributed by atoms with Crippen molar-refractivity contribution in [3.8, 4) is 0 Å². The molecule has 4 heteroatoms. The van der Waals surface area contributed by atoms with Gasteiger partial charge in [0.2, 0.25) is 0 Å². The van der Waals surface area contributed by atoms with Crippen molar-refractivity contribution in [2.75, 3.05) is 32.8 Å². The van der Waals surface area contributed by atoms with Crippen LogP contribution in [0.5, 0.6) is 0 Å². The smallest absolute Gasteiger partial charge is 0.0594 e. The molecule has 0 amide bonds. The zero-order valence-corrected chi connectivity index (χ0v) is 9.00. The SMILES string of the molecule is NC[C@@H](c1cccs1)N1CCOCC1. The van der Waals surface area contributed by atoms with Gasteiger partial charge >= 0.3 is 0 Å². The maximum atomic E-state index is 5.82. The van der Waals surface area contributed by atoms with Crippen molar-refractivity contribution in [2.45, 2.75) is 6.04 Å². The minimum atomic E-state index is 0.388. The molecule has 1 aromatic rings. The lowest BCUT2D eigenvalue weighted by atomic mass is 10.2. The summed E-state index contributed by atoms with van der Waals surface area (Å²) in [6.45, 7) is 4.36. The second-order valence-electron chi connectivity index (χ2n) is 3.42.